The van der Waals surface area contributed by atoms with Crippen molar-refractivity contribution in [1.82, 2.24) is 9.80 Å². The number of nitrogens with zero attached hydrogens (tertiary/aromatic N) is 3. The maximum atomic E-state index is 13.5. The minimum absolute atomic E-state index is 0.0684. The first-order valence-electron chi connectivity index (χ1n) is 11.7. The van der Waals surface area contributed by atoms with Gasteiger partial charge in [0.2, 0.25) is 6.79 Å². The van der Waals surface area contributed by atoms with Crippen molar-refractivity contribution >= 4 is 11.6 Å². The molecule has 2 aromatic rings. The Morgan fingerprint density at radius 3 is 2.56 bits per heavy atom. The summed E-state index contributed by atoms with van der Waals surface area (Å²) in [5.74, 6) is 2.09. The van der Waals surface area contributed by atoms with Crippen LogP contribution in [0.25, 0.3) is 0 Å². The van der Waals surface area contributed by atoms with Crippen LogP contribution in [-0.2, 0) is 6.54 Å². The molecule has 0 aliphatic carbocycles. The molecule has 4 rings (SSSR count). The fourth-order valence-electron chi connectivity index (χ4n) is 4.43. The summed E-state index contributed by atoms with van der Waals surface area (Å²) >= 11 is 0. The summed E-state index contributed by atoms with van der Waals surface area (Å²) in [4.78, 5) is 19.4. The summed E-state index contributed by atoms with van der Waals surface area (Å²) in [5.41, 5.74) is 2.59. The van der Waals surface area contributed by atoms with Crippen LogP contribution in [-0.4, -0.2) is 80.6 Å². The number of likely N-dealkylation sites (N-methyl/N-ethyl adjacent to an activating group) is 1. The van der Waals surface area contributed by atoms with E-state index in [-0.39, 0.29) is 37.4 Å². The first-order chi connectivity index (χ1) is 16.3. The van der Waals surface area contributed by atoms with Crippen molar-refractivity contribution < 1.29 is 24.1 Å². The Labute approximate surface area is 201 Å². The number of benzene rings is 2. The second kappa shape index (κ2) is 10.1. The third kappa shape index (κ3) is 5.08. The Morgan fingerprint density at radius 2 is 1.82 bits per heavy atom. The molecule has 0 saturated heterocycles. The van der Waals surface area contributed by atoms with E-state index >= 15 is 0 Å². The molecule has 0 saturated carbocycles. The number of hydrogen-bond donors (Lipinski definition) is 1. The highest BCUT2D eigenvalue weighted by Gasteiger charge is 2.33. The number of carbonyl (C=O) groups is 1. The summed E-state index contributed by atoms with van der Waals surface area (Å²) < 4.78 is 17.4. The molecule has 0 aromatic heterocycles. The number of ether oxygens (including phenoxy) is 3. The van der Waals surface area contributed by atoms with E-state index in [2.05, 4.69) is 18.9 Å². The van der Waals surface area contributed by atoms with Gasteiger partial charge in [0.25, 0.3) is 5.91 Å². The zero-order chi connectivity index (χ0) is 24.4. The SMILES string of the molecule is C[C@@H]1CN([C@@H](C)CO)C(=O)c2cc(N(C)C)ccc2O[C@@H]1CN(C)Cc1ccc2c(c1)OCO2. The van der Waals surface area contributed by atoms with Crippen LogP contribution in [0.4, 0.5) is 5.69 Å². The van der Waals surface area contributed by atoms with Gasteiger partial charge in [0.15, 0.2) is 11.5 Å². The number of rotatable bonds is 7. The van der Waals surface area contributed by atoms with E-state index < -0.39 is 0 Å². The van der Waals surface area contributed by atoms with Crippen molar-refractivity contribution in [2.75, 3.05) is 52.5 Å². The van der Waals surface area contributed by atoms with Gasteiger partial charge in [-0.2, -0.15) is 0 Å². The van der Waals surface area contributed by atoms with Gasteiger partial charge < -0.3 is 29.1 Å². The molecular formula is C26H35N3O5. The second-order valence-electron chi connectivity index (χ2n) is 9.58. The topological polar surface area (TPSA) is 74.7 Å². The van der Waals surface area contributed by atoms with Gasteiger partial charge in [0.05, 0.1) is 18.2 Å². The first-order valence-corrected chi connectivity index (χ1v) is 11.7. The molecule has 2 aliphatic rings. The van der Waals surface area contributed by atoms with Crippen LogP contribution in [0.1, 0.15) is 29.8 Å². The summed E-state index contributed by atoms with van der Waals surface area (Å²) in [6, 6.07) is 11.4. The number of hydrogen-bond acceptors (Lipinski definition) is 7. The first kappa shape index (κ1) is 24.2. The van der Waals surface area contributed by atoms with Crippen molar-refractivity contribution in [3.63, 3.8) is 0 Å². The average Bonchev–Trinajstić information content (AvgIpc) is 3.28. The van der Waals surface area contributed by atoms with E-state index in [0.29, 0.717) is 24.4 Å². The number of aliphatic hydroxyl groups excluding tert-OH is 1. The Bertz CT molecular complexity index is 1030. The van der Waals surface area contributed by atoms with Crippen molar-refractivity contribution in [3.8, 4) is 17.2 Å². The van der Waals surface area contributed by atoms with Gasteiger partial charge in [0.1, 0.15) is 11.9 Å². The summed E-state index contributed by atoms with van der Waals surface area (Å²) in [7, 11) is 5.95. The summed E-state index contributed by atoms with van der Waals surface area (Å²) in [6.07, 6.45) is -0.135. The molecule has 2 aliphatic heterocycles. The van der Waals surface area contributed by atoms with Crippen LogP contribution >= 0.6 is 0 Å². The number of fused-ring (bicyclic) bond motifs is 2. The smallest absolute Gasteiger partial charge is 0.258 e. The quantitative estimate of drug-likeness (QED) is 0.668. The minimum Gasteiger partial charge on any atom is -0.488 e. The van der Waals surface area contributed by atoms with Crippen molar-refractivity contribution in [2.24, 2.45) is 5.92 Å². The van der Waals surface area contributed by atoms with E-state index in [4.69, 9.17) is 14.2 Å². The van der Waals surface area contributed by atoms with E-state index in [0.717, 1.165) is 29.3 Å². The number of amides is 1. The largest absolute Gasteiger partial charge is 0.488 e. The molecule has 1 amide bonds. The molecule has 0 unspecified atom stereocenters. The van der Waals surface area contributed by atoms with Gasteiger partial charge in [-0.15, -0.1) is 0 Å². The van der Waals surface area contributed by atoms with Gasteiger partial charge in [0, 0.05) is 45.3 Å². The molecule has 8 heteroatoms. The molecular weight excluding hydrogens is 434 g/mol. The summed E-state index contributed by atoms with van der Waals surface area (Å²) in [6.45, 7) is 6.07. The fraction of sp³-hybridized carbons (Fsp3) is 0.500. The molecule has 0 spiro atoms. The Kier molecular flexibility index (Phi) is 7.19. The molecule has 0 fully saturated rings. The van der Waals surface area contributed by atoms with Gasteiger partial charge in [-0.05, 0) is 49.9 Å². The van der Waals surface area contributed by atoms with Crippen LogP contribution in [0.2, 0.25) is 0 Å². The maximum Gasteiger partial charge on any atom is 0.258 e. The lowest BCUT2D eigenvalue weighted by Gasteiger charge is -2.38. The molecule has 184 valence electrons. The standard InChI is InChI=1S/C26H35N3O5/c1-17-12-29(18(2)15-30)26(31)21-11-20(27(3)4)7-9-22(21)34-25(17)14-28(5)13-19-6-8-23-24(10-19)33-16-32-23/h6-11,17-18,25,30H,12-16H2,1-5H3/t17-,18+,25-/m1/s1. The fourth-order valence-corrected chi connectivity index (χ4v) is 4.43. The van der Waals surface area contributed by atoms with Crippen LogP contribution in [0.3, 0.4) is 0 Å². The minimum atomic E-state index is -0.282. The Balaban J connectivity index is 1.57. The lowest BCUT2D eigenvalue weighted by molar-refractivity contribution is 0.0341. The molecule has 2 aromatic carbocycles. The normalized spacial score (nSPS) is 20.4. The van der Waals surface area contributed by atoms with E-state index in [1.54, 1.807) is 4.90 Å². The highest BCUT2D eigenvalue weighted by molar-refractivity contribution is 5.98. The predicted molar refractivity (Wildman–Crippen MR) is 131 cm³/mol. The van der Waals surface area contributed by atoms with Gasteiger partial charge in [-0.1, -0.05) is 13.0 Å². The molecule has 8 nitrogen and oxygen atoms in total. The van der Waals surface area contributed by atoms with E-state index in [1.807, 2.05) is 62.3 Å². The van der Waals surface area contributed by atoms with Crippen molar-refractivity contribution in [3.05, 3.63) is 47.5 Å². The molecule has 2 heterocycles. The van der Waals surface area contributed by atoms with Crippen molar-refractivity contribution in [1.29, 1.82) is 0 Å². The maximum absolute atomic E-state index is 13.5. The Hall–Kier alpha value is -2.97. The van der Waals surface area contributed by atoms with Gasteiger partial charge in [-0.25, -0.2) is 0 Å². The molecule has 0 bridgehead atoms. The number of carbonyl (C=O) groups excluding carboxylic acids is 1. The van der Waals surface area contributed by atoms with Crippen LogP contribution in [0, 0.1) is 5.92 Å². The van der Waals surface area contributed by atoms with E-state index in [1.165, 1.54) is 0 Å². The molecule has 34 heavy (non-hydrogen) atoms. The third-order valence-corrected chi connectivity index (χ3v) is 6.55. The molecule has 1 N–H and O–H groups in total. The predicted octanol–water partition coefficient (Wildman–Crippen LogP) is 2.83. The molecule has 3 atom stereocenters. The lowest BCUT2D eigenvalue weighted by Crippen LogP contribution is -2.49. The Morgan fingerprint density at radius 1 is 1.09 bits per heavy atom. The second-order valence-corrected chi connectivity index (χ2v) is 9.58. The van der Waals surface area contributed by atoms with Crippen LogP contribution in [0.15, 0.2) is 36.4 Å². The monoisotopic (exact) mass is 469 g/mol. The highest BCUT2D eigenvalue weighted by Crippen LogP contribution is 2.34. The number of anilines is 1. The lowest BCUT2D eigenvalue weighted by atomic mass is 9.99. The zero-order valence-electron chi connectivity index (χ0n) is 20.7. The number of aliphatic hydroxyl groups is 1. The average molecular weight is 470 g/mol. The van der Waals surface area contributed by atoms with E-state index in [9.17, 15) is 9.90 Å². The van der Waals surface area contributed by atoms with Crippen molar-refractivity contribution in [2.45, 2.75) is 32.5 Å². The van der Waals surface area contributed by atoms with Crippen LogP contribution < -0.4 is 19.1 Å². The third-order valence-electron chi connectivity index (χ3n) is 6.55. The van der Waals surface area contributed by atoms with Crippen LogP contribution in [0.5, 0.6) is 17.2 Å². The zero-order valence-corrected chi connectivity index (χ0v) is 20.7. The highest BCUT2D eigenvalue weighted by atomic mass is 16.7. The molecule has 0 radical (unpaired) electrons. The van der Waals surface area contributed by atoms with Gasteiger partial charge >= 0.3 is 0 Å². The van der Waals surface area contributed by atoms with Gasteiger partial charge in [-0.3, -0.25) is 9.69 Å². The summed E-state index contributed by atoms with van der Waals surface area (Å²) in [5, 5.41) is 9.83.